The van der Waals surface area contributed by atoms with Crippen LogP contribution in [-0.4, -0.2) is 3.76 Å². The Morgan fingerprint density at radius 1 is 1.14 bits per heavy atom. The molecule has 0 aromatic heterocycles. The molecule has 0 fully saturated rings. The summed E-state index contributed by atoms with van der Waals surface area (Å²) in [6.45, 7) is 0. The molecule has 1 heteroatoms. The van der Waals surface area contributed by atoms with Crippen molar-refractivity contribution in [2.75, 3.05) is 0 Å². The van der Waals surface area contributed by atoms with Gasteiger partial charge in [-0.2, -0.15) is 0 Å². The Bertz CT molecular complexity index is 312. The van der Waals surface area contributed by atoms with E-state index in [1.54, 1.807) is 11.1 Å². The molecule has 70 valence electrons. The van der Waals surface area contributed by atoms with Gasteiger partial charge in [0.2, 0.25) is 0 Å². The van der Waals surface area contributed by atoms with Gasteiger partial charge >= 0.3 is 100 Å². The van der Waals surface area contributed by atoms with Crippen molar-refractivity contribution in [3.05, 3.63) is 47.6 Å². The first-order valence-electron chi connectivity index (χ1n) is 5.12. The Kier molecular flexibility index (Phi) is 3.63. The predicted molar refractivity (Wildman–Crippen MR) is 57.9 cm³/mol. The van der Waals surface area contributed by atoms with Crippen LogP contribution in [0.2, 0.25) is 0 Å². The van der Waals surface area contributed by atoms with Gasteiger partial charge in [0.05, 0.1) is 0 Å². The topological polar surface area (TPSA) is 0 Å². The van der Waals surface area contributed by atoms with Crippen molar-refractivity contribution in [2.45, 2.75) is 19.3 Å². The summed E-state index contributed by atoms with van der Waals surface area (Å²) in [7, 11) is 0. The van der Waals surface area contributed by atoms with Gasteiger partial charge in [0.25, 0.3) is 0 Å². The fourth-order valence-corrected chi connectivity index (χ4v) is 2.95. The van der Waals surface area contributed by atoms with Crippen LogP contribution in [0.1, 0.15) is 19.3 Å². The first kappa shape index (κ1) is 10.2. The van der Waals surface area contributed by atoms with Crippen LogP contribution in [0.15, 0.2) is 47.6 Å². The van der Waals surface area contributed by atoms with E-state index >= 15 is 0 Å². The zero-order valence-electron chi connectivity index (χ0n) is 8.24. The van der Waals surface area contributed by atoms with E-state index in [4.69, 9.17) is 0 Å². The SMILES string of the molecule is [Hf]=[CH]CC(C1=CC=CC1)C1=CC=CC1. The van der Waals surface area contributed by atoms with Crippen LogP contribution in [0, 0.1) is 5.92 Å². The average Bonchev–Trinajstić information content (AvgIpc) is 2.87. The first-order valence-corrected chi connectivity index (χ1v) is 7.19. The van der Waals surface area contributed by atoms with Crippen LogP contribution >= 0.6 is 0 Å². The Balaban J connectivity index is 2.11. The van der Waals surface area contributed by atoms with Crippen molar-refractivity contribution in [1.82, 2.24) is 0 Å². The van der Waals surface area contributed by atoms with E-state index in [0.717, 1.165) is 12.8 Å². The summed E-state index contributed by atoms with van der Waals surface area (Å²) in [5, 5.41) is 0. The van der Waals surface area contributed by atoms with Gasteiger partial charge in [0, 0.05) is 0 Å². The molecule has 2 aliphatic carbocycles. The fraction of sp³-hybridized carbons (Fsp3) is 0.308. The molecule has 0 unspecified atom stereocenters. The van der Waals surface area contributed by atoms with Gasteiger partial charge in [-0.1, -0.05) is 0 Å². The van der Waals surface area contributed by atoms with Crippen molar-refractivity contribution in [2.24, 2.45) is 5.92 Å². The molecule has 2 rings (SSSR count). The van der Waals surface area contributed by atoms with Gasteiger partial charge in [0.15, 0.2) is 0 Å². The maximum absolute atomic E-state index is 2.42. The van der Waals surface area contributed by atoms with Gasteiger partial charge < -0.3 is 0 Å². The van der Waals surface area contributed by atoms with Gasteiger partial charge in [-0.05, 0) is 0 Å². The molecule has 0 heterocycles. The standard InChI is InChI=1S/C13H14.Hf/c1-2-13(11-7-3-4-8-11)12-9-5-6-10-12;/h1,3-7,9,13H,2,8,10H2;. The van der Waals surface area contributed by atoms with Gasteiger partial charge in [-0.3, -0.25) is 0 Å². The Morgan fingerprint density at radius 2 is 1.71 bits per heavy atom. The summed E-state index contributed by atoms with van der Waals surface area (Å²) in [5.41, 5.74) is 3.21. The van der Waals surface area contributed by atoms with E-state index in [1.165, 1.54) is 30.3 Å². The van der Waals surface area contributed by atoms with Crippen molar-refractivity contribution in [1.29, 1.82) is 0 Å². The van der Waals surface area contributed by atoms with Crippen LogP contribution in [0.4, 0.5) is 0 Å². The van der Waals surface area contributed by atoms with Crippen LogP contribution in [0.3, 0.4) is 0 Å². The molecule has 0 aliphatic heterocycles. The quantitative estimate of drug-likeness (QED) is 0.685. The van der Waals surface area contributed by atoms with Gasteiger partial charge in [-0.25, -0.2) is 0 Å². The molecule has 0 nitrogen and oxygen atoms in total. The molecule has 0 saturated heterocycles. The van der Waals surface area contributed by atoms with E-state index in [2.05, 4.69) is 40.2 Å². The zero-order chi connectivity index (χ0) is 9.80. The second kappa shape index (κ2) is 4.97. The van der Waals surface area contributed by atoms with Crippen LogP contribution < -0.4 is 0 Å². The summed E-state index contributed by atoms with van der Waals surface area (Å²) < 4.78 is 2.42. The number of allylic oxidation sites excluding steroid dienone is 8. The average molecular weight is 349 g/mol. The molecule has 0 aromatic carbocycles. The molecule has 0 bridgehead atoms. The van der Waals surface area contributed by atoms with Crippen LogP contribution in [0.5, 0.6) is 0 Å². The molecule has 0 N–H and O–H groups in total. The van der Waals surface area contributed by atoms with E-state index < -0.39 is 0 Å². The number of hydrogen-bond donors (Lipinski definition) is 0. The summed E-state index contributed by atoms with van der Waals surface area (Å²) in [4.78, 5) is 0. The number of hydrogen-bond acceptors (Lipinski definition) is 0. The van der Waals surface area contributed by atoms with Crippen molar-refractivity contribution >= 4 is 3.76 Å². The third-order valence-electron chi connectivity index (χ3n) is 2.85. The van der Waals surface area contributed by atoms with Crippen LogP contribution in [0.25, 0.3) is 0 Å². The summed E-state index contributed by atoms with van der Waals surface area (Å²) >= 11 is 1.21. The first-order chi connectivity index (χ1) is 6.92. The molecule has 14 heavy (non-hydrogen) atoms. The molecule has 0 saturated carbocycles. The van der Waals surface area contributed by atoms with E-state index in [-0.39, 0.29) is 0 Å². The van der Waals surface area contributed by atoms with Crippen LogP contribution in [-0.2, 0) is 23.9 Å². The third kappa shape index (κ3) is 2.20. The van der Waals surface area contributed by atoms with E-state index in [9.17, 15) is 0 Å². The molecule has 2 aliphatic rings. The number of rotatable bonds is 4. The predicted octanol–water partition coefficient (Wildman–Crippen LogP) is 3.11. The molecular weight excluding hydrogens is 335 g/mol. The minimum absolute atomic E-state index is 0.692. The van der Waals surface area contributed by atoms with E-state index in [0.29, 0.717) is 5.92 Å². The molecule has 0 radical (unpaired) electrons. The molecule has 0 amide bonds. The van der Waals surface area contributed by atoms with Gasteiger partial charge in [0.1, 0.15) is 0 Å². The van der Waals surface area contributed by atoms with Crippen molar-refractivity contribution < 1.29 is 23.9 Å². The molecule has 0 spiro atoms. The Morgan fingerprint density at radius 3 is 2.07 bits per heavy atom. The van der Waals surface area contributed by atoms with E-state index in [1.807, 2.05) is 0 Å². The third-order valence-corrected chi connectivity index (χ3v) is 3.70. The molecule has 0 aromatic rings. The molecule has 0 atom stereocenters. The fourth-order valence-electron chi connectivity index (χ4n) is 2.10. The Hall–Kier alpha value is -0.300. The maximum atomic E-state index is 2.42. The normalized spacial score (nSPS) is 18.9. The van der Waals surface area contributed by atoms with Crippen molar-refractivity contribution in [3.63, 3.8) is 0 Å². The zero-order valence-corrected chi connectivity index (χ0v) is 11.8. The monoisotopic (exact) mass is 350 g/mol. The van der Waals surface area contributed by atoms with Gasteiger partial charge in [-0.15, -0.1) is 0 Å². The summed E-state index contributed by atoms with van der Waals surface area (Å²) in [6, 6.07) is 0. The summed E-state index contributed by atoms with van der Waals surface area (Å²) in [5.74, 6) is 0.692. The Labute approximate surface area is 100 Å². The molecular formula is C13H14Hf. The van der Waals surface area contributed by atoms with Crippen molar-refractivity contribution in [3.8, 4) is 0 Å². The summed E-state index contributed by atoms with van der Waals surface area (Å²) in [6.07, 6.45) is 17.1. The second-order valence-electron chi connectivity index (χ2n) is 3.74. The minimum atomic E-state index is 0.692. The second-order valence-corrected chi connectivity index (χ2v) is 5.21.